The average molecular weight is 434 g/mol. The highest BCUT2D eigenvalue weighted by molar-refractivity contribution is 7.71. The second kappa shape index (κ2) is 7.61. The lowest BCUT2D eigenvalue weighted by Crippen LogP contribution is -2.30. The van der Waals surface area contributed by atoms with Gasteiger partial charge in [0.25, 0.3) is 5.56 Å². The monoisotopic (exact) mass is 433 g/mol. The molecule has 0 fully saturated rings. The van der Waals surface area contributed by atoms with Crippen molar-refractivity contribution in [2.24, 2.45) is 0 Å². The predicted molar refractivity (Wildman–Crippen MR) is 126 cm³/mol. The van der Waals surface area contributed by atoms with Gasteiger partial charge >= 0.3 is 0 Å². The second-order valence-electron chi connectivity index (χ2n) is 7.97. The van der Waals surface area contributed by atoms with Crippen molar-refractivity contribution in [2.75, 3.05) is 6.54 Å². The number of hydrogen-bond acceptors (Lipinski definition) is 4. The molecule has 6 heteroatoms. The number of H-pyrrole nitrogens is 1. The van der Waals surface area contributed by atoms with E-state index in [9.17, 15) is 4.79 Å². The molecule has 0 atom stereocenters. The van der Waals surface area contributed by atoms with Crippen molar-refractivity contribution in [3.05, 3.63) is 90.8 Å². The number of thiophene rings is 1. The molecule has 1 N–H and O–H groups in total. The number of aryl methyl sites for hydroxylation is 2. The summed E-state index contributed by atoms with van der Waals surface area (Å²) in [5.41, 5.74) is 5.50. The molecule has 0 saturated heterocycles. The molecule has 0 radical (unpaired) electrons. The van der Waals surface area contributed by atoms with Gasteiger partial charge in [-0.3, -0.25) is 14.3 Å². The minimum absolute atomic E-state index is 0.000148. The van der Waals surface area contributed by atoms with Crippen LogP contribution in [0.15, 0.2) is 53.3 Å². The lowest BCUT2D eigenvalue weighted by molar-refractivity contribution is 0.249. The van der Waals surface area contributed by atoms with Crippen LogP contribution in [0.2, 0.25) is 0 Å². The smallest absolute Gasteiger partial charge is 0.267 e. The maximum absolute atomic E-state index is 13.6. The van der Waals surface area contributed by atoms with Gasteiger partial charge in [-0.1, -0.05) is 48.5 Å². The largest absolute Gasteiger partial charge is 0.323 e. The zero-order chi connectivity index (χ0) is 20.8. The molecule has 0 spiro atoms. The summed E-state index contributed by atoms with van der Waals surface area (Å²) in [5, 5.41) is 0.811. The highest BCUT2D eigenvalue weighted by Gasteiger charge is 2.24. The van der Waals surface area contributed by atoms with Gasteiger partial charge in [0, 0.05) is 24.5 Å². The van der Waals surface area contributed by atoms with Crippen molar-refractivity contribution in [1.29, 1.82) is 0 Å². The van der Waals surface area contributed by atoms with E-state index in [1.165, 1.54) is 16.0 Å². The van der Waals surface area contributed by atoms with Crippen LogP contribution in [-0.4, -0.2) is 21.0 Å². The molecule has 0 aliphatic carbocycles. The molecule has 0 bridgehead atoms. The highest BCUT2D eigenvalue weighted by atomic mass is 32.1. The van der Waals surface area contributed by atoms with E-state index >= 15 is 0 Å². The summed E-state index contributed by atoms with van der Waals surface area (Å²) >= 11 is 7.30. The topological polar surface area (TPSA) is 41.0 Å². The normalized spacial score (nSPS) is 14.2. The predicted octanol–water partition coefficient (Wildman–Crippen LogP) is 5.28. The van der Waals surface area contributed by atoms with Crippen LogP contribution in [-0.2, 0) is 19.5 Å². The molecule has 2 aromatic heterocycles. The molecule has 1 aliphatic heterocycles. The summed E-state index contributed by atoms with van der Waals surface area (Å²) in [4.78, 5) is 21.6. The number of hydrogen-bond donors (Lipinski definition) is 1. The summed E-state index contributed by atoms with van der Waals surface area (Å²) in [7, 11) is 0. The Labute approximate surface area is 184 Å². The first-order chi connectivity index (χ1) is 14.5. The molecule has 30 heavy (non-hydrogen) atoms. The lowest BCUT2D eigenvalue weighted by atomic mass is 10.0. The second-order valence-corrected chi connectivity index (χ2v) is 9.46. The van der Waals surface area contributed by atoms with E-state index in [4.69, 9.17) is 12.2 Å². The van der Waals surface area contributed by atoms with Gasteiger partial charge in [-0.2, -0.15) is 0 Å². The average Bonchev–Trinajstić information content (AvgIpc) is 3.08. The zero-order valence-electron chi connectivity index (χ0n) is 17.1. The number of aromatic amines is 1. The number of para-hydroxylation sites is 1. The molecule has 0 saturated carbocycles. The number of aromatic nitrogens is 2. The Morgan fingerprint density at radius 3 is 2.53 bits per heavy atom. The van der Waals surface area contributed by atoms with Crippen molar-refractivity contribution in [3.8, 4) is 5.69 Å². The van der Waals surface area contributed by atoms with Crippen LogP contribution < -0.4 is 5.56 Å². The van der Waals surface area contributed by atoms with E-state index in [2.05, 4.69) is 34.1 Å². The molecule has 1 aliphatic rings. The van der Waals surface area contributed by atoms with E-state index in [0.29, 0.717) is 4.77 Å². The fourth-order valence-electron chi connectivity index (χ4n) is 4.47. The Balaban J connectivity index is 1.60. The maximum Gasteiger partial charge on any atom is 0.267 e. The van der Waals surface area contributed by atoms with Gasteiger partial charge in [-0.05, 0) is 54.7 Å². The standard InChI is InChI=1S/C24H23N3OS2/c1-15-7-6-8-16(2)21(15)27-23(28)20-18-11-12-26(13-17-9-4-3-5-10-17)14-19(18)30-22(20)25-24(27)29/h3-10H,11-14H2,1-2H3,(H,25,29). The quantitative estimate of drug-likeness (QED) is 0.447. The van der Waals surface area contributed by atoms with Gasteiger partial charge in [0.15, 0.2) is 4.77 Å². The fourth-order valence-corrected chi connectivity index (χ4v) is 6.09. The van der Waals surface area contributed by atoms with E-state index in [1.807, 2.05) is 38.1 Å². The van der Waals surface area contributed by atoms with E-state index in [0.717, 1.165) is 53.1 Å². The summed E-state index contributed by atoms with van der Waals surface area (Å²) in [6, 6.07) is 16.6. The zero-order valence-corrected chi connectivity index (χ0v) is 18.7. The van der Waals surface area contributed by atoms with Gasteiger partial charge in [-0.15, -0.1) is 11.3 Å². The van der Waals surface area contributed by atoms with Crippen molar-refractivity contribution in [3.63, 3.8) is 0 Å². The highest BCUT2D eigenvalue weighted by Crippen LogP contribution is 2.33. The Morgan fingerprint density at radius 1 is 1.07 bits per heavy atom. The van der Waals surface area contributed by atoms with E-state index < -0.39 is 0 Å². The molecule has 0 amide bonds. The number of rotatable bonds is 3. The van der Waals surface area contributed by atoms with E-state index in [1.54, 1.807) is 15.9 Å². The van der Waals surface area contributed by atoms with Crippen LogP contribution in [0.25, 0.3) is 15.9 Å². The summed E-state index contributed by atoms with van der Waals surface area (Å²) in [6.07, 6.45) is 0.884. The van der Waals surface area contributed by atoms with Crippen molar-refractivity contribution < 1.29 is 0 Å². The molecular formula is C24H23N3OS2. The maximum atomic E-state index is 13.6. The summed E-state index contributed by atoms with van der Waals surface area (Å²) in [5.74, 6) is 0. The minimum Gasteiger partial charge on any atom is -0.323 e. The number of nitrogens with zero attached hydrogens (tertiary/aromatic N) is 2. The Bertz CT molecular complexity index is 1340. The third-order valence-electron chi connectivity index (χ3n) is 5.89. The van der Waals surface area contributed by atoms with Gasteiger partial charge in [0.1, 0.15) is 4.83 Å². The number of benzene rings is 2. The van der Waals surface area contributed by atoms with Gasteiger partial charge in [-0.25, -0.2) is 0 Å². The Kier molecular flexibility index (Phi) is 4.93. The van der Waals surface area contributed by atoms with Crippen molar-refractivity contribution in [2.45, 2.75) is 33.4 Å². The molecule has 0 unspecified atom stereocenters. The molecule has 4 aromatic rings. The molecule has 4 nitrogen and oxygen atoms in total. The summed E-state index contributed by atoms with van der Waals surface area (Å²) < 4.78 is 2.15. The van der Waals surface area contributed by atoms with Crippen LogP contribution in [0.5, 0.6) is 0 Å². The van der Waals surface area contributed by atoms with Crippen LogP contribution in [0.4, 0.5) is 0 Å². The first-order valence-corrected chi connectivity index (χ1v) is 11.4. The fraction of sp³-hybridized carbons (Fsp3) is 0.250. The molecule has 2 aromatic carbocycles. The van der Waals surface area contributed by atoms with Crippen molar-refractivity contribution >= 4 is 33.8 Å². The van der Waals surface area contributed by atoms with Gasteiger partial charge in [0.05, 0.1) is 11.1 Å². The van der Waals surface area contributed by atoms with Crippen molar-refractivity contribution in [1.82, 2.24) is 14.5 Å². The molecule has 152 valence electrons. The van der Waals surface area contributed by atoms with Crippen LogP contribution >= 0.6 is 23.6 Å². The van der Waals surface area contributed by atoms with Gasteiger partial charge < -0.3 is 4.98 Å². The third kappa shape index (κ3) is 3.25. The Morgan fingerprint density at radius 2 is 1.80 bits per heavy atom. The third-order valence-corrected chi connectivity index (χ3v) is 7.31. The van der Waals surface area contributed by atoms with Crippen LogP contribution in [0, 0.1) is 18.6 Å². The minimum atomic E-state index is 0.000148. The first kappa shape index (κ1) is 19.4. The molecule has 3 heterocycles. The molecule has 5 rings (SSSR count). The van der Waals surface area contributed by atoms with Crippen LogP contribution in [0.3, 0.4) is 0 Å². The van der Waals surface area contributed by atoms with E-state index in [-0.39, 0.29) is 5.56 Å². The number of fused-ring (bicyclic) bond motifs is 3. The summed E-state index contributed by atoms with van der Waals surface area (Å²) in [6.45, 7) is 6.80. The Hall–Kier alpha value is -2.54. The first-order valence-electron chi connectivity index (χ1n) is 10.2. The lowest BCUT2D eigenvalue weighted by Gasteiger charge is -2.26. The number of nitrogens with one attached hydrogen (secondary N) is 1. The van der Waals surface area contributed by atoms with Crippen LogP contribution in [0.1, 0.15) is 27.1 Å². The SMILES string of the molecule is Cc1cccc(C)c1-n1c(=S)[nH]c2sc3c(c2c1=O)CCN(Cc1ccccc1)C3. The molecular weight excluding hydrogens is 410 g/mol. The van der Waals surface area contributed by atoms with Gasteiger partial charge in [0.2, 0.25) is 0 Å².